The second-order valence-electron chi connectivity index (χ2n) is 4.92. The summed E-state index contributed by atoms with van der Waals surface area (Å²) in [4.78, 5) is 30.3. The number of aromatic nitrogens is 2. The fourth-order valence-electron chi connectivity index (χ4n) is 1.80. The van der Waals surface area contributed by atoms with Crippen LogP contribution in [0.3, 0.4) is 0 Å². The van der Waals surface area contributed by atoms with Gasteiger partial charge in [0.15, 0.2) is 0 Å². The lowest BCUT2D eigenvalue weighted by atomic mass is 10.2. The van der Waals surface area contributed by atoms with Crippen LogP contribution < -0.4 is 16.2 Å². The van der Waals surface area contributed by atoms with E-state index >= 15 is 0 Å². The van der Waals surface area contributed by atoms with E-state index in [0.29, 0.717) is 5.56 Å². The molecule has 0 aliphatic heterocycles. The molecule has 1 aromatic carbocycles. The molecule has 2 aromatic rings. The summed E-state index contributed by atoms with van der Waals surface area (Å²) in [6, 6.07) is 8.41. The van der Waals surface area contributed by atoms with E-state index in [9.17, 15) is 14.9 Å². The highest BCUT2D eigenvalue weighted by molar-refractivity contribution is 5.95. The quantitative estimate of drug-likeness (QED) is 0.550. The van der Waals surface area contributed by atoms with Gasteiger partial charge in [0, 0.05) is 11.6 Å². The molecule has 0 saturated carbocycles. The molecule has 120 valence electrons. The monoisotopic (exact) mass is 316 g/mol. The lowest BCUT2D eigenvalue weighted by Crippen LogP contribution is -2.30. The van der Waals surface area contributed by atoms with E-state index in [4.69, 9.17) is 0 Å². The van der Waals surface area contributed by atoms with Crippen LogP contribution in [-0.4, -0.2) is 26.8 Å². The van der Waals surface area contributed by atoms with Crippen LogP contribution in [0.4, 0.5) is 17.3 Å². The fourth-order valence-corrected chi connectivity index (χ4v) is 1.80. The zero-order valence-electron chi connectivity index (χ0n) is 12.6. The Hall–Kier alpha value is -3.23. The predicted octanol–water partition coefficient (Wildman–Crippen LogP) is 1.96. The summed E-state index contributed by atoms with van der Waals surface area (Å²) in [6.45, 7) is 3.66. The third-order valence-corrected chi connectivity index (χ3v) is 2.76. The zero-order chi connectivity index (χ0) is 16.8. The molecule has 0 atom stereocenters. The standard InChI is InChI=1S/C14H16N6O3/c1-9(2)17-12-11(20(22)23)13(16-8-15-12)18-19-14(21)10-6-4-3-5-7-10/h3-9H,1-2H3,(H,19,21)(H2,15,16,17,18). The van der Waals surface area contributed by atoms with Gasteiger partial charge < -0.3 is 5.32 Å². The van der Waals surface area contributed by atoms with Crippen molar-refractivity contribution >= 4 is 23.2 Å². The number of hydrogen-bond donors (Lipinski definition) is 3. The maximum atomic E-state index is 12.0. The molecule has 1 aromatic heterocycles. The Bertz CT molecular complexity index is 705. The molecular weight excluding hydrogens is 300 g/mol. The largest absolute Gasteiger partial charge is 0.362 e. The summed E-state index contributed by atoms with van der Waals surface area (Å²) in [5.74, 6) is -0.453. The number of amides is 1. The molecule has 0 bridgehead atoms. The van der Waals surface area contributed by atoms with Crippen molar-refractivity contribution in [2.75, 3.05) is 10.7 Å². The van der Waals surface area contributed by atoms with Gasteiger partial charge in [0.2, 0.25) is 11.6 Å². The van der Waals surface area contributed by atoms with Gasteiger partial charge in [-0.1, -0.05) is 18.2 Å². The first kappa shape index (κ1) is 16.1. The van der Waals surface area contributed by atoms with Crippen molar-refractivity contribution in [3.8, 4) is 0 Å². The summed E-state index contributed by atoms with van der Waals surface area (Å²) in [5.41, 5.74) is 4.93. The summed E-state index contributed by atoms with van der Waals surface area (Å²) in [5, 5.41) is 14.1. The van der Waals surface area contributed by atoms with Crippen LogP contribution in [0, 0.1) is 10.1 Å². The minimum Gasteiger partial charge on any atom is -0.362 e. The molecular formula is C14H16N6O3. The first-order valence-electron chi connectivity index (χ1n) is 6.86. The van der Waals surface area contributed by atoms with E-state index in [2.05, 4.69) is 26.1 Å². The van der Waals surface area contributed by atoms with Crippen molar-refractivity contribution in [1.82, 2.24) is 15.4 Å². The highest BCUT2D eigenvalue weighted by atomic mass is 16.6. The first-order valence-corrected chi connectivity index (χ1v) is 6.86. The maximum absolute atomic E-state index is 12.0. The van der Waals surface area contributed by atoms with E-state index in [1.165, 1.54) is 6.33 Å². The topological polar surface area (TPSA) is 122 Å². The van der Waals surface area contributed by atoms with E-state index in [0.717, 1.165) is 0 Å². The Labute approximate surface area is 132 Å². The molecule has 9 nitrogen and oxygen atoms in total. The number of rotatable bonds is 6. The summed E-state index contributed by atoms with van der Waals surface area (Å²) in [6.07, 6.45) is 1.18. The van der Waals surface area contributed by atoms with Gasteiger partial charge in [-0.05, 0) is 26.0 Å². The molecule has 0 saturated heterocycles. The zero-order valence-corrected chi connectivity index (χ0v) is 12.6. The number of nitrogens with one attached hydrogen (secondary N) is 3. The maximum Gasteiger partial charge on any atom is 0.354 e. The van der Waals surface area contributed by atoms with E-state index in [1.54, 1.807) is 30.3 Å². The number of carbonyl (C=O) groups excluding carboxylic acids is 1. The third kappa shape index (κ3) is 4.13. The van der Waals surface area contributed by atoms with E-state index < -0.39 is 10.8 Å². The Morgan fingerprint density at radius 3 is 2.43 bits per heavy atom. The van der Waals surface area contributed by atoms with Gasteiger partial charge in [-0.2, -0.15) is 0 Å². The summed E-state index contributed by atoms with van der Waals surface area (Å²) >= 11 is 0. The molecule has 1 heterocycles. The van der Waals surface area contributed by atoms with Gasteiger partial charge in [0.25, 0.3) is 5.91 Å². The van der Waals surface area contributed by atoms with Gasteiger partial charge in [-0.15, -0.1) is 0 Å². The lowest BCUT2D eigenvalue weighted by molar-refractivity contribution is -0.383. The Balaban J connectivity index is 2.19. The third-order valence-electron chi connectivity index (χ3n) is 2.76. The van der Waals surface area contributed by atoms with Gasteiger partial charge in [0.1, 0.15) is 6.33 Å². The van der Waals surface area contributed by atoms with Crippen LogP contribution in [0.2, 0.25) is 0 Å². The summed E-state index contributed by atoms with van der Waals surface area (Å²) in [7, 11) is 0. The van der Waals surface area contributed by atoms with Crippen LogP contribution in [0.25, 0.3) is 0 Å². The molecule has 0 aliphatic carbocycles. The Morgan fingerprint density at radius 1 is 1.17 bits per heavy atom. The first-order chi connectivity index (χ1) is 11.0. The van der Waals surface area contributed by atoms with Crippen molar-refractivity contribution in [1.29, 1.82) is 0 Å². The smallest absolute Gasteiger partial charge is 0.354 e. The Kier molecular flexibility index (Phi) is 5.03. The lowest BCUT2D eigenvalue weighted by Gasteiger charge is -2.12. The molecule has 2 rings (SSSR count). The molecule has 1 amide bonds. The number of hydrazine groups is 1. The van der Waals surface area contributed by atoms with Crippen molar-refractivity contribution in [3.63, 3.8) is 0 Å². The molecule has 23 heavy (non-hydrogen) atoms. The highest BCUT2D eigenvalue weighted by Gasteiger charge is 2.23. The van der Waals surface area contributed by atoms with Crippen molar-refractivity contribution in [2.45, 2.75) is 19.9 Å². The van der Waals surface area contributed by atoms with Crippen molar-refractivity contribution in [2.24, 2.45) is 0 Å². The molecule has 0 radical (unpaired) electrons. The molecule has 0 unspecified atom stereocenters. The van der Waals surface area contributed by atoms with Crippen LogP contribution >= 0.6 is 0 Å². The molecule has 0 spiro atoms. The number of hydrogen-bond acceptors (Lipinski definition) is 7. The van der Waals surface area contributed by atoms with Crippen LogP contribution in [-0.2, 0) is 0 Å². The molecule has 0 fully saturated rings. The minimum atomic E-state index is -0.609. The van der Waals surface area contributed by atoms with E-state index in [1.807, 2.05) is 13.8 Å². The summed E-state index contributed by atoms with van der Waals surface area (Å²) < 4.78 is 0. The van der Waals surface area contributed by atoms with Crippen LogP contribution in [0.15, 0.2) is 36.7 Å². The second kappa shape index (κ2) is 7.16. The van der Waals surface area contributed by atoms with Crippen LogP contribution in [0.5, 0.6) is 0 Å². The van der Waals surface area contributed by atoms with Gasteiger partial charge in [-0.3, -0.25) is 25.8 Å². The van der Waals surface area contributed by atoms with Gasteiger partial charge in [-0.25, -0.2) is 9.97 Å². The van der Waals surface area contributed by atoms with Gasteiger partial charge in [0.05, 0.1) is 4.92 Å². The Morgan fingerprint density at radius 2 is 1.83 bits per heavy atom. The molecule has 9 heteroatoms. The number of carbonyl (C=O) groups is 1. The van der Waals surface area contributed by atoms with Crippen LogP contribution in [0.1, 0.15) is 24.2 Å². The molecule has 3 N–H and O–H groups in total. The predicted molar refractivity (Wildman–Crippen MR) is 85.0 cm³/mol. The highest BCUT2D eigenvalue weighted by Crippen LogP contribution is 2.28. The number of benzene rings is 1. The normalized spacial score (nSPS) is 10.2. The molecule has 0 aliphatic rings. The van der Waals surface area contributed by atoms with E-state index in [-0.39, 0.29) is 23.4 Å². The number of nitrogens with zero attached hydrogens (tertiary/aromatic N) is 3. The SMILES string of the molecule is CC(C)Nc1ncnc(NNC(=O)c2ccccc2)c1[N+](=O)[O-]. The average molecular weight is 316 g/mol. The second-order valence-corrected chi connectivity index (χ2v) is 4.92. The average Bonchev–Trinajstić information content (AvgIpc) is 2.52. The minimum absolute atomic E-state index is 0.0460. The van der Waals surface area contributed by atoms with Gasteiger partial charge >= 0.3 is 5.69 Å². The van der Waals surface area contributed by atoms with Crippen molar-refractivity contribution < 1.29 is 9.72 Å². The fraction of sp³-hybridized carbons (Fsp3) is 0.214. The van der Waals surface area contributed by atoms with Crippen molar-refractivity contribution in [3.05, 3.63) is 52.3 Å². The number of anilines is 2. The number of nitro groups is 1.